The second kappa shape index (κ2) is 6.01. The Labute approximate surface area is 134 Å². The largest absolute Gasteiger partial charge is 0.327 e. The summed E-state index contributed by atoms with van der Waals surface area (Å²) < 4.78 is 1.84. The number of aromatic nitrogens is 3. The Hall–Kier alpha value is -2.40. The van der Waals surface area contributed by atoms with Gasteiger partial charge in [0.25, 0.3) is 0 Å². The Balaban J connectivity index is 1.49. The fourth-order valence-electron chi connectivity index (χ4n) is 3.47. The van der Waals surface area contributed by atoms with Gasteiger partial charge in [0, 0.05) is 31.9 Å². The van der Waals surface area contributed by atoms with E-state index in [0.717, 1.165) is 43.6 Å². The lowest BCUT2D eigenvalue weighted by molar-refractivity contribution is 0.179. The van der Waals surface area contributed by atoms with Crippen LogP contribution in [0.3, 0.4) is 0 Å². The van der Waals surface area contributed by atoms with Gasteiger partial charge in [0.1, 0.15) is 0 Å². The lowest BCUT2D eigenvalue weighted by Gasteiger charge is -2.32. The summed E-state index contributed by atoms with van der Waals surface area (Å²) in [6.45, 7) is 2.99. The summed E-state index contributed by atoms with van der Waals surface area (Å²) in [5.74, 6) is 0. The molecule has 3 aromatic rings. The molecule has 0 radical (unpaired) electrons. The number of pyridine rings is 1. The highest BCUT2D eigenvalue weighted by Crippen LogP contribution is 2.24. The lowest BCUT2D eigenvalue weighted by Crippen LogP contribution is -2.36. The van der Waals surface area contributed by atoms with Crippen molar-refractivity contribution in [3.05, 3.63) is 64.7 Å². The van der Waals surface area contributed by atoms with Crippen LogP contribution < -0.4 is 5.69 Å². The normalized spacial score (nSPS) is 16.9. The van der Waals surface area contributed by atoms with Crippen LogP contribution in [0.5, 0.6) is 0 Å². The lowest BCUT2D eigenvalue weighted by atomic mass is 10.0. The summed E-state index contributed by atoms with van der Waals surface area (Å²) in [5, 5.41) is 0. The number of benzene rings is 1. The van der Waals surface area contributed by atoms with Crippen LogP contribution in [0.1, 0.15) is 24.4 Å². The second-order valence-electron chi connectivity index (χ2n) is 6.17. The van der Waals surface area contributed by atoms with Gasteiger partial charge in [0.05, 0.1) is 5.52 Å². The molecule has 0 spiro atoms. The van der Waals surface area contributed by atoms with Crippen molar-refractivity contribution >= 4 is 11.2 Å². The first-order valence-electron chi connectivity index (χ1n) is 8.13. The number of imidazole rings is 1. The van der Waals surface area contributed by atoms with Crippen molar-refractivity contribution in [3.63, 3.8) is 0 Å². The van der Waals surface area contributed by atoms with Crippen LogP contribution in [0.15, 0.2) is 53.5 Å². The molecule has 1 aliphatic rings. The number of aromatic amines is 1. The first-order chi connectivity index (χ1) is 11.3. The highest BCUT2D eigenvalue weighted by atomic mass is 16.1. The molecule has 2 aromatic heterocycles. The minimum Gasteiger partial charge on any atom is -0.304 e. The van der Waals surface area contributed by atoms with Gasteiger partial charge in [-0.2, -0.15) is 0 Å². The smallest absolute Gasteiger partial charge is 0.304 e. The molecule has 4 rings (SSSR count). The molecule has 1 fully saturated rings. The summed E-state index contributed by atoms with van der Waals surface area (Å²) in [4.78, 5) is 22.0. The third-order valence-electron chi connectivity index (χ3n) is 4.65. The summed E-state index contributed by atoms with van der Waals surface area (Å²) in [6, 6.07) is 14.5. The molecular formula is C18H20N4O. The minimum atomic E-state index is -0.0415. The zero-order valence-electron chi connectivity index (χ0n) is 13.0. The minimum absolute atomic E-state index is 0.0415. The average molecular weight is 308 g/mol. The van der Waals surface area contributed by atoms with Gasteiger partial charge in [0.15, 0.2) is 5.65 Å². The Morgan fingerprint density at radius 1 is 1.09 bits per heavy atom. The van der Waals surface area contributed by atoms with Gasteiger partial charge in [-0.3, -0.25) is 9.47 Å². The number of fused-ring (bicyclic) bond motifs is 1. The number of rotatable bonds is 3. The molecule has 1 aromatic carbocycles. The van der Waals surface area contributed by atoms with E-state index in [1.807, 2.05) is 22.8 Å². The van der Waals surface area contributed by atoms with Crippen LogP contribution in [0.4, 0.5) is 0 Å². The third kappa shape index (κ3) is 2.80. The summed E-state index contributed by atoms with van der Waals surface area (Å²) in [5.41, 5.74) is 2.90. The summed E-state index contributed by atoms with van der Waals surface area (Å²) in [6.07, 6.45) is 3.71. The fourth-order valence-corrected chi connectivity index (χ4v) is 3.47. The highest BCUT2D eigenvalue weighted by molar-refractivity contribution is 5.70. The Morgan fingerprint density at radius 2 is 1.87 bits per heavy atom. The van der Waals surface area contributed by atoms with Crippen LogP contribution in [-0.4, -0.2) is 32.5 Å². The number of H-pyrrole nitrogens is 1. The van der Waals surface area contributed by atoms with Gasteiger partial charge in [-0.25, -0.2) is 9.78 Å². The number of nitrogens with zero attached hydrogens (tertiary/aromatic N) is 3. The number of hydrogen-bond acceptors (Lipinski definition) is 3. The molecule has 0 saturated carbocycles. The molecule has 1 aliphatic heterocycles. The van der Waals surface area contributed by atoms with Gasteiger partial charge in [-0.05, 0) is 30.5 Å². The summed E-state index contributed by atoms with van der Waals surface area (Å²) >= 11 is 0. The molecule has 0 bridgehead atoms. The van der Waals surface area contributed by atoms with E-state index in [0.29, 0.717) is 0 Å². The number of likely N-dealkylation sites (tertiary alicyclic amines) is 1. The van der Waals surface area contributed by atoms with Crippen molar-refractivity contribution in [2.75, 3.05) is 13.1 Å². The predicted molar refractivity (Wildman–Crippen MR) is 90.3 cm³/mol. The summed E-state index contributed by atoms with van der Waals surface area (Å²) in [7, 11) is 0. The van der Waals surface area contributed by atoms with E-state index < -0.39 is 0 Å². The molecule has 23 heavy (non-hydrogen) atoms. The molecule has 0 atom stereocenters. The molecule has 1 saturated heterocycles. The fraction of sp³-hybridized carbons (Fsp3) is 0.333. The zero-order chi connectivity index (χ0) is 15.6. The van der Waals surface area contributed by atoms with Crippen LogP contribution in [0.25, 0.3) is 11.2 Å². The molecule has 0 aliphatic carbocycles. The molecule has 5 nitrogen and oxygen atoms in total. The van der Waals surface area contributed by atoms with Crippen molar-refractivity contribution in [2.24, 2.45) is 0 Å². The maximum absolute atomic E-state index is 12.3. The quantitative estimate of drug-likeness (QED) is 0.809. The topological polar surface area (TPSA) is 53.9 Å². The van der Waals surface area contributed by atoms with Crippen molar-refractivity contribution in [1.82, 2.24) is 19.4 Å². The van der Waals surface area contributed by atoms with Crippen molar-refractivity contribution < 1.29 is 0 Å². The Morgan fingerprint density at radius 3 is 2.65 bits per heavy atom. The average Bonchev–Trinajstić information content (AvgIpc) is 2.92. The number of hydrogen-bond donors (Lipinski definition) is 1. The monoisotopic (exact) mass is 308 g/mol. The highest BCUT2D eigenvalue weighted by Gasteiger charge is 2.23. The Kier molecular flexibility index (Phi) is 3.71. The van der Waals surface area contributed by atoms with Gasteiger partial charge in [-0.1, -0.05) is 30.3 Å². The molecule has 0 amide bonds. The molecule has 5 heteroatoms. The van der Waals surface area contributed by atoms with E-state index in [-0.39, 0.29) is 11.7 Å². The molecule has 3 heterocycles. The van der Waals surface area contributed by atoms with Gasteiger partial charge in [0.2, 0.25) is 0 Å². The number of piperidine rings is 1. The van der Waals surface area contributed by atoms with Crippen molar-refractivity contribution in [2.45, 2.75) is 25.4 Å². The molecule has 0 unspecified atom stereocenters. The van der Waals surface area contributed by atoms with E-state index in [4.69, 9.17) is 0 Å². The first-order valence-corrected chi connectivity index (χ1v) is 8.13. The molecule has 118 valence electrons. The van der Waals surface area contributed by atoms with E-state index in [1.165, 1.54) is 5.56 Å². The van der Waals surface area contributed by atoms with E-state index in [9.17, 15) is 4.79 Å². The molecule has 1 N–H and O–H groups in total. The maximum atomic E-state index is 12.3. The van der Waals surface area contributed by atoms with E-state index >= 15 is 0 Å². The van der Waals surface area contributed by atoms with E-state index in [2.05, 4.69) is 39.1 Å². The van der Waals surface area contributed by atoms with Crippen LogP contribution in [0.2, 0.25) is 0 Å². The second-order valence-corrected chi connectivity index (χ2v) is 6.17. The van der Waals surface area contributed by atoms with Gasteiger partial charge < -0.3 is 4.98 Å². The van der Waals surface area contributed by atoms with Crippen LogP contribution in [-0.2, 0) is 6.54 Å². The zero-order valence-corrected chi connectivity index (χ0v) is 13.0. The van der Waals surface area contributed by atoms with E-state index in [1.54, 1.807) is 6.20 Å². The standard InChI is InChI=1S/C18H20N4O/c23-18-20-16-7-4-10-19-17(16)22(18)15-8-11-21(12-9-15)13-14-5-2-1-3-6-14/h1-7,10,15H,8-9,11-13H2,(H,20,23). The van der Waals surface area contributed by atoms with Crippen molar-refractivity contribution in [3.8, 4) is 0 Å². The van der Waals surface area contributed by atoms with Gasteiger partial charge in [-0.15, -0.1) is 0 Å². The number of nitrogens with one attached hydrogen (secondary N) is 1. The maximum Gasteiger partial charge on any atom is 0.327 e. The SMILES string of the molecule is O=c1[nH]c2cccnc2n1C1CCN(Cc2ccccc2)CC1. The van der Waals surface area contributed by atoms with Crippen LogP contribution in [0, 0.1) is 0 Å². The van der Waals surface area contributed by atoms with Gasteiger partial charge >= 0.3 is 5.69 Å². The Bertz CT molecular complexity index is 844. The van der Waals surface area contributed by atoms with Crippen molar-refractivity contribution in [1.29, 1.82) is 0 Å². The molecular weight excluding hydrogens is 288 g/mol. The predicted octanol–water partition coefficient (Wildman–Crippen LogP) is 2.56. The first kappa shape index (κ1) is 14.2. The third-order valence-corrected chi connectivity index (χ3v) is 4.65. The van der Waals surface area contributed by atoms with Crippen LogP contribution >= 0.6 is 0 Å².